The molecule has 19 heavy (non-hydrogen) atoms. The highest BCUT2D eigenvalue weighted by Gasteiger charge is 2.29. The van der Waals surface area contributed by atoms with Crippen molar-refractivity contribution in [2.75, 3.05) is 27.2 Å². The molecule has 1 rings (SSSR count). The third-order valence-electron chi connectivity index (χ3n) is 4.33. The predicted octanol–water partition coefficient (Wildman–Crippen LogP) is 2.04. The summed E-state index contributed by atoms with van der Waals surface area (Å²) >= 11 is 0. The summed E-state index contributed by atoms with van der Waals surface area (Å²) in [4.78, 5) is 14.0. The fourth-order valence-electron chi connectivity index (χ4n) is 2.40. The lowest BCUT2D eigenvalue weighted by Gasteiger charge is -2.36. The first kappa shape index (κ1) is 16.4. The van der Waals surface area contributed by atoms with E-state index in [2.05, 4.69) is 38.2 Å². The topological polar surface area (TPSA) is 41.6 Å². The van der Waals surface area contributed by atoms with E-state index in [0.717, 1.165) is 25.8 Å². The van der Waals surface area contributed by atoms with Gasteiger partial charge in [-0.1, -0.05) is 6.42 Å². The van der Waals surface area contributed by atoms with E-state index in [4.69, 9.17) is 4.74 Å². The van der Waals surface area contributed by atoms with E-state index < -0.39 is 0 Å². The molecule has 0 amide bonds. The van der Waals surface area contributed by atoms with Crippen LogP contribution >= 0.6 is 0 Å². The molecule has 112 valence electrons. The number of ether oxygens (including phenoxy) is 1. The molecule has 1 aliphatic rings. The quantitative estimate of drug-likeness (QED) is 0.750. The SMILES string of the molecule is CCOC(=O)C1CCCC(NCC(C)(C)N(C)C)C1. The summed E-state index contributed by atoms with van der Waals surface area (Å²) in [5, 5.41) is 3.62. The van der Waals surface area contributed by atoms with Crippen LogP contribution < -0.4 is 5.32 Å². The summed E-state index contributed by atoms with van der Waals surface area (Å²) < 4.78 is 5.14. The first-order valence-electron chi connectivity index (χ1n) is 7.44. The number of nitrogens with zero attached hydrogens (tertiary/aromatic N) is 1. The molecule has 1 fully saturated rings. The fourth-order valence-corrected chi connectivity index (χ4v) is 2.40. The second-order valence-corrected chi connectivity index (χ2v) is 6.40. The van der Waals surface area contributed by atoms with Gasteiger partial charge in [0, 0.05) is 18.1 Å². The maximum Gasteiger partial charge on any atom is 0.308 e. The van der Waals surface area contributed by atoms with Crippen molar-refractivity contribution in [3.63, 3.8) is 0 Å². The number of carbonyl (C=O) groups is 1. The first-order chi connectivity index (χ1) is 8.86. The lowest BCUT2D eigenvalue weighted by Crippen LogP contribution is -2.50. The van der Waals surface area contributed by atoms with Crippen molar-refractivity contribution in [2.45, 2.75) is 58.0 Å². The second kappa shape index (κ2) is 7.25. The lowest BCUT2D eigenvalue weighted by atomic mass is 9.85. The van der Waals surface area contributed by atoms with Crippen LogP contribution in [0.15, 0.2) is 0 Å². The zero-order valence-electron chi connectivity index (χ0n) is 13.2. The van der Waals surface area contributed by atoms with Crippen molar-refractivity contribution in [1.29, 1.82) is 0 Å². The summed E-state index contributed by atoms with van der Waals surface area (Å²) in [6.45, 7) is 7.76. The molecule has 0 radical (unpaired) electrons. The highest BCUT2D eigenvalue weighted by Crippen LogP contribution is 2.25. The van der Waals surface area contributed by atoms with E-state index in [1.807, 2.05) is 6.92 Å². The van der Waals surface area contributed by atoms with Gasteiger partial charge in [-0.05, 0) is 54.1 Å². The van der Waals surface area contributed by atoms with E-state index >= 15 is 0 Å². The largest absolute Gasteiger partial charge is 0.466 e. The molecule has 0 aliphatic heterocycles. The van der Waals surface area contributed by atoms with Crippen molar-refractivity contribution in [1.82, 2.24) is 10.2 Å². The molecule has 1 aliphatic carbocycles. The van der Waals surface area contributed by atoms with Gasteiger partial charge in [0.1, 0.15) is 0 Å². The Morgan fingerprint density at radius 1 is 1.37 bits per heavy atom. The highest BCUT2D eigenvalue weighted by atomic mass is 16.5. The third-order valence-corrected chi connectivity index (χ3v) is 4.33. The number of hydrogen-bond donors (Lipinski definition) is 1. The van der Waals surface area contributed by atoms with Crippen molar-refractivity contribution >= 4 is 5.97 Å². The average molecular weight is 270 g/mol. The Morgan fingerprint density at radius 3 is 2.63 bits per heavy atom. The number of likely N-dealkylation sites (N-methyl/N-ethyl adjacent to an activating group) is 1. The molecule has 0 saturated heterocycles. The molecule has 0 bridgehead atoms. The van der Waals surface area contributed by atoms with Gasteiger partial charge in [0.2, 0.25) is 0 Å². The molecule has 0 aromatic rings. The van der Waals surface area contributed by atoms with Gasteiger partial charge in [-0.3, -0.25) is 4.79 Å². The molecule has 0 aromatic heterocycles. The molecular formula is C15H30N2O2. The summed E-state index contributed by atoms with van der Waals surface area (Å²) in [6.07, 6.45) is 4.18. The fraction of sp³-hybridized carbons (Fsp3) is 0.933. The van der Waals surface area contributed by atoms with Gasteiger partial charge in [-0.15, -0.1) is 0 Å². The van der Waals surface area contributed by atoms with Crippen molar-refractivity contribution in [3.8, 4) is 0 Å². The van der Waals surface area contributed by atoms with Crippen molar-refractivity contribution < 1.29 is 9.53 Å². The van der Waals surface area contributed by atoms with Gasteiger partial charge >= 0.3 is 5.97 Å². The minimum Gasteiger partial charge on any atom is -0.466 e. The van der Waals surface area contributed by atoms with Gasteiger partial charge < -0.3 is 15.0 Å². The standard InChI is InChI=1S/C15H30N2O2/c1-6-19-14(18)12-8-7-9-13(10-12)16-11-15(2,3)17(4)5/h12-13,16H,6-11H2,1-5H3. The zero-order chi connectivity index (χ0) is 14.5. The van der Waals surface area contributed by atoms with Crippen molar-refractivity contribution in [2.24, 2.45) is 5.92 Å². The van der Waals surface area contributed by atoms with Gasteiger partial charge in [0.25, 0.3) is 0 Å². The minimum atomic E-state index is -0.0131. The van der Waals surface area contributed by atoms with Crippen molar-refractivity contribution in [3.05, 3.63) is 0 Å². The van der Waals surface area contributed by atoms with Crippen LogP contribution in [0.5, 0.6) is 0 Å². The molecule has 0 heterocycles. The van der Waals surface area contributed by atoms with Crippen LogP contribution in [0.3, 0.4) is 0 Å². The summed E-state index contributed by atoms with van der Waals surface area (Å²) in [7, 11) is 4.20. The minimum absolute atomic E-state index is 0.0131. The Kier molecular flexibility index (Phi) is 6.27. The molecule has 2 unspecified atom stereocenters. The highest BCUT2D eigenvalue weighted by molar-refractivity contribution is 5.72. The molecule has 1 saturated carbocycles. The van der Waals surface area contributed by atoms with E-state index in [9.17, 15) is 4.79 Å². The van der Waals surface area contributed by atoms with Gasteiger partial charge in [-0.2, -0.15) is 0 Å². The van der Waals surface area contributed by atoms with E-state index in [1.54, 1.807) is 0 Å². The smallest absolute Gasteiger partial charge is 0.308 e. The molecule has 1 N–H and O–H groups in total. The summed E-state index contributed by atoms with van der Waals surface area (Å²) in [5.74, 6) is 0.0783. The summed E-state index contributed by atoms with van der Waals surface area (Å²) in [5.41, 5.74) is 0.136. The molecule has 4 nitrogen and oxygen atoms in total. The Labute approximate surface area is 117 Å². The Balaban J connectivity index is 2.41. The van der Waals surface area contributed by atoms with Crippen LogP contribution in [0.2, 0.25) is 0 Å². The monoisotopic (exact) mass is 270 g/mol. The maximum atomic E-state index is 11.8. The van der Waals surface area contributed by atoms with Crippen LogP contribution in [-0.4, -0.2) is 49.7 Å². The summed E-state index contributed by atoms with van der Waals surface area (Å²) in [6, 6.07) is 0.447. The van der Waals surface area contributed by atoms with E-state index in [-0.39, 0.29) is 17.4 Å². The molecule has 0 aromatic carbocycles. The van der Waals surface area contributed by atoms with E-state index in [1.165, 1.54) is 6.42 Å². The molecular weight excluding hydrogens is 240 g/mol. The van der Waals surface area contributed by atoms with Crippen LogP contribution in [-0.2, 0) is 9.53 Å². The number of nitrogens with one attached hydrogen (secondary N) is 1. The third kappa shape index (κ3) is 5.11. The average Bonchev–Trinajstić information content (AvgIpc) is 2.37. The van der Waals surface area contributed by atoms with Gasteiger partial charge in [0.05, 0.1) is 12.5 Å². The zero-order valence-corrected chi connectivity index (χ0v) is 13.2. The Hall–Kier alpha value is -0.610. The molecule has 4 heteroatoms. The normalized spacial score (nSPS) is 24.5. The molecule has 0 spiro atoms. The predicted molar refractivity (Wildman–Crippen MR) is 78.1 cm³/mol. The number of carbonyl (C=O) groups excluding carboxylic acids is 1. The van der Waals surface area contributed by atoms with Gasteiger partial charge in [0.15, 0.2) is 0 Å². The number of hydrogen-bond acceptors (Lipinski definition) is 4. The van der Waals surface area contributed by atoms with Crippen LogP contribution in [0.25, 0.3) is 0 Å². The molecule has 2 atom stereocenters. The first-order valence-corrected chi connectivity index (χ1v) is 7.44. The number of rotatable bonds is 6. The van der Waals surface area contributed by atoms with Crippen LogP contribution in [0.4, 0.5) is 0 Å². The van der Waals surface area contributed by atoms with Crippen LogP contribution in [0.1, 0.15) is 46.5 Å². The Bertz CT molecular complexity index is 290. The van der Waals surface area contributed by atoms with Gasteiger partial charge in [-0.25, -0.2) is 0 Å². The Morgan fingerprint density at radius 2 is 2.05 bits per heavy atom. The lowest BCUT2D eigenvalue weighted by molar-refractivity contribution is -0.149. The maximum absolute atomic E-state index is 11.8. The second-order valence-electron chi connectivity index (χ2n) is 6.40. The number of esters is 1. The van der Waals surface area contributed by atoms with E-state index in [0.29, 0.717) is 12.6 Å². The van der Waals surface area contributed by atoms with Crippen LogP contribution in [0, 0.1) is 5.92 Å².